The molecule has 1 N–H and O–H groups in total. The Kier molecular flexibility index (Phi) is 3.95. The van der Waals surface area contributed by atoms with Gasteiger partial charge in [-0.25, -0.2) is 4.98 Å². The Labute approximate surface area is 87.6 Å². The van der Waals surface area contributed by atoms with Crippen LogP contribution in [0, 0.1) is 12.8 Å². The summed E-state index contributed by atoms with van der Waals surface area (Å²) >= 11 is 1.47. The molecule has 1 rings (SSSR count). The van der Waals surface area contributed by atoms with Crippen molar-refractivity contribution >= 4 is 17.7 Å². The summed E-state index contributed by atoms with van der Waals surface area (Å²) in [7, 11) is 0. The normalized spacial score (nSPS) is 12.4. The topological polar surface area (TPSA) is 50.2 Å². The van der Waals surface area contributed by atoms with Gasteiger partial charge < -0.3 is 5.11 Å². The van der Waals surface area contributed by atoms with Crippen LogP contribution in [0.2, 0.25) is 0 Å². The van der Waals surface area contributed by atoms with Crippen molar-refractivity contribution in [3.63, 3.8) is 0 Å². The molecular weight excluding hydrogens is 198 g/mol. The van der Waals surface area contributed by atoms with E-state index < -0.39 is 5.97 Å². The molecule has 0 spiro atoms. The van der Waals surface area contributed by atoms with Crippen LogP contribution in [0.15, 0.2) is 23.4 Å². The molecule has 14 heavy (non-hydrogen) atoms. The summed E-state index contributed by atoms with van der Waals surface area (Å²) in [6, 6.07) is 3.88. The number of carboxylic acid groups (broad SMARTS) is 1. The van der Waals surface area contributed by atoms with Crippen LogP contribution in [0.5, 0.6) is 0 Å². The van der Waals surface area contributed by atoms with Gasteiger partial charge in [0, 0.05) is 11.9 Å². The molecular formula is C10H13NO2S. The van der Waals surface area contributed by atoms with E-state index in [0.717, 1.165) is 10.6 Å². The van der Waals surface area contributed by atoms with E-state index in [1.807, 2.05) is 19.1 Å². The highest BCUT2D eigenvalue weighted by Gasteiger charge is 2.10. The monoisotopic (exact) mass is 211 g/mol. The molecule has 76 valence electrons. The first-order valence-corrected chi connectivity index (χ1v) is 5.36. The predicted octanol–water partition coefficient (Wildman–Crippen LogP) is 2.20. The maximum Gasteiger partial charge on any atom is 0.307 e. The SMILES string of the molecule is Cc1ccc(SCC(C)C(=O)O)nc1. The summed E-state index contributed by atoms with van der Waals surface area (Å²) in [6.45, 7) is 3.67. The number of rotatable bonds is 4. The maximum absolute atomic E-state index is 10.5. The summed E-state index contributed by atoms with van der Waals surface area (Å²) in [5.41, 5.74) is 1.11. The number of nitrogens with zero attached hydrogens (tertiary/aromatic N) is 1. The Hall–Kier alpha value is -1.03. The molecule has 0 saturated carbocycles. The number of aliphatic carboxylic acids is 1. The molecule has 4 heteroatoms. The van der Waals surface area contributed by atoms with E-state index in [1.165, 1.54) is 11.8 Å². The maximum atomic E-state index is 10.5. The summed E-state index contributed by atoms with van der Waals surface area (Å²) < 4.78 is 0. The molecule has 0 fully saturated rings. The number of hydrogen-bond acceptors (Lipinski definition) is 3. The first-order valence-electron chi connectivity index (χ1n) is 4.38. The summed E-state index contributed by atoms with van der Waals surface area (Å²) in [4.78, 5) is 14.7. The van der Waals surface area contributed by atoms with Gasteiger partial charge in [0.15, 0.2) is 0 Å². The zero-order valence-electron chi connectivity index (χ0n) is 8.23. The molecule has 1 atom stereocenters. The van der Waals surface area contributed by atoms with Crippen LogP contribution in [-0.2, 0) is 4.79 Å². The van der Waals surface area contributed by atoms with Gasteiger partial charge in [-0.3, -0.25) is 4.79 Å². The number of thioether (sulfide) groups is 1. The minimum Gasteiger partial charge on any atom is -0.481 e. The lowest BCUT2D eigenvalue weighted by Gasteiger charge is -2.04. The lowest BCUT2D eigenvalue weighted by Crippen LogP contribution is -2.11. The first kappa shape index (κ1) is 11.0. The van der Waals surface area contributed by atoms with Crippen molar-refractivity contribution in [3.05, 3.63) is 23.9 Å². The summed E-state index contributed by atoms with van der Waals surface area (Å²) in [5.74, 6) is -0.529. The van der Waals surface area contributed by atoms with Crippen molar-refractivity contribution in [1.82, 2.24) is 4.98 Å². The molecule has 1 aromatic rings. The van der Waals surface area contributed by atoms with E-state index in [9.17, 15) is 4.79 Å². The highest BCUT2D eigenvalue weighted by atomic mass is 32.2. The van der Waals surface area contributed by atoms with Crippen molar-refractivity contribution < 1.29 is 9.90 Å². The van der Waals surface area contributed by atoms with E-state index in [-0.39, 0.29) is 5.92 Å². The van der Waals surface area contributed by atoms with E-state index in [0.29, 0.717) is 5.75 Å². The highest BCUT2D eigenvalue weighted by Crippen LogP contribution is 2.18. The van der Waals surface area contributed by atoms with Crippen LogP contribution in [0.3, 0.4) is 0 Å². The lowest BCUT2D eigenvalue weighted by atomic mass is 10.2. The van der Waals surface area contributed by atoms with E-state index >= 15 is 0 Å². The van der Waals surface area contributed by atoms with Gasteiger partial charge in [0.2, 0.25) is 0 Å². The van der Waals surface area contributed by atoms with E-state index in [2.05, 4.69) is 4.98 Å². The fourth-order valence-electron chi connectivity index (χ4n) is 0.821. The molecule has 0 radical (unpaired) electrons. The van der Waals surface area contributed by atoms with Gasteiger partial charge in [-0.1, -0.05) is 13.0 Å². The minimum atomic E-state index is -0.760. The zero-order valence-corrected chi connectivity index (χ0v) is 9.04. The van der Waals surface area contributed by atoms with Crippen molar-refractivity contribution in [1.29, 1.82) is 0 Å². The molecule has 0 bridgehead atoms. The third kappa shape index (κ3) is 3.38. The number of aromatic nitrogens is 1. The minimum absolute atomic E-state index is 0.330. The Balaban J connectivity index is 2.46. The fraction of sp³-hybridized carbons (Fsp3) is 0.400. The molecule has 0 aromatic carbocycles. The van der Waals surface area contributed by atoms with Gasteiger partial charge in [0.05, 0.1) is 10.9 Å². The van der Waals surface area contributed by atoms with Gasteiger partial charge in [-0.15, -0.1) is 11.8 Å². The van der Waals surface area contributed by atoms with Crippen molar-refractivity contribution in [2.75, 3.05) is 5.75 Å². The molecule has 1 unspecified atom stereocenters. The second kappa shape index (κ2) is 5.00. The second-order valence-corrected chi connectivity index (χ2v) is 4.26. The highest BCUT2D eigenvalue weighted by molar-refractivity contribution is 7.99. The van der Waals surface area contributed by atoms with Gasteiger partial charge in [0.1, 0.15) is 0 Å². The number of aryl methyl sites for hydroxylation is 1. The van der Waals surface area contributed by atoms with Gasteiger partial charge >= 0.3 is 5.97 Å². The molecule has 0 amide bonds. The Bertz CT molecular complexity index is 310. The molecule has 0 aliphatic heterocycles. The molecule has 1 aromatic heterocycles. The number of pyridine rings is 1. The van der Waals surface area contributed by atoms with Crippen molar-refractivity contribution in [3.8, 4) is 0 Å². The van der Waals surface area contributed by atoms with E-state index in [1.54, 1.807) is 13.1 Å². The van der Waals surface area contributed by atoms with E-state index in [4.69, 9.17) is 5.11 Å². The van der Waals surface area contributed by atoms with Gasteiger partial charge in [0.25, 0.3) is 0 Å². The quantitative estimate of drug-likeness (QED) is 0.776. The van der Waals surface area contributed by atoms with Gasteiger partial charge in [-0.2, -0.15) is 0 Å². The second-order valence-electron chi connectivity index (χ2n) is 3.22. The third-order valence-corrected chi connectivity index (χ3v) is 2.99. The molecule has 3 nitrogen and oxygen atoms in total. The average molecular weight is 211 g/mol. The standard InChI is InChI=1S/C10H13NO2S/c1-7-3-4-9(11-5-7)14-6-8(2)10(12)13/h3-5,8H,6H2,1-2H3,(H,12,13). The predicted molar refractivity (Wildman–Crippen MR) is 56.5 cm³/mol. The number of carbonyl (C=O) groups is 1. The Morgan fingerprint density at radius 1 is 1.64 bits per heavy atom. The third-order valence-electron chi connectivity index (χ3n) is 1.79. The first-order chi connectivity index (χ1) is 6.59. The van der Waals surface area contributed by atoms with Crippen LogP contribution in [0.25, 0.3) is 0 Å². The largest absolute Gasteiger partial charge is 0.481 e. The van der Waals surface area contributed by atoms with Crippen molar-refractivity contribution in [2.24, 2.45) is 5.92 Å². The molecule has 0 saturated heterocycles. The van der Waals surface area contributed by atoms with Gasteiger partial charge in [-0.05, 0) is 18.6 Å². The number of carboxylic acids is 1. The van der Waals surface area contributed by atoms with Crippen LogP contribution < -0.4 is 0 Å². The summed E-state index contributed by atoms with van der Waals surface area (Å²) in [6.07, 6.45) is 1.79. The summed E-state index contributed by atoms with van der Waals surface area (Å²) in [5, 5.41) is 9.55. The smallest absolute Gasteiger partial charge is 0.307 e. The Morgan fingerprint density at radius 3 is 2.86 bits per heavy atom. The average Bonchev–Trinajstić information content (AvgIpc) is 2.16. The fourth-order valence-corrected chi connectivity index (χ4v) is 1.68. The van der Waals surface area contributed by atoms with Crippen LogP contribution >= 0.6 is 11.8 Å². The molecule has 0 aliphatic carbocycles. The molecule has 0 aliphatic rings. The zero-order chi connectivity index (χ0) is 10.6. The molecule has 1 heterocycles. The number of hydrogen-bond donors (Lipinski definition) is 1. The van der Waals surface area contributed by atoms with Crippen LogP contribution in [0.1, 0.15) is 12.5 Å². The Morgan fingerprint density at radius 2 is 2.36 bits per heavy atom. The van der Waals surface area contributed by atoms with Crippen LogP contribution in [0.4, 0.5) is 0 Å². The van der Waals surface area contributed by atoms with Crippen LogP contribution in [-0.4, -0.2) is 21.8 Å². The van der Waals surface area contributed by atoms with Crippen molar-refractivity contribution in [2.45, 2.75) is 18.9 Å². The lowest BCUT2D eigenvalue weighted by molar-refractivity contribution is -0.140.